The van der Waals surface area contributed by atoms with Crippen LogP contribution in [-0.4, -0.2) is 94.2 Å². The van der Waals surface area contributed by atoms with E-state index in [1.807, 2.05) is 0 Å². The van der Waals surface area contributed by atoms with E-state index in [1.165, 1.54) is 24.3 Å². The van der Waals surface area contributed by atoms with Gasteiger partial charge in [0.05, 0.1) is 12.5 Å². The number of carbonyl (C=O) groups is 5. The second-order valence-corrected chi connectivity index (χ2v) is 9.49. The molecule has 0 fully saturated rings. The van der Waals surface area contributed by atoms with Crippen LogP contribution in [0.4, 0.5) is 0 Å². The lowest BCUT2D eigenvalue weighted by atomic mass is 10.0. The fraction of sp³-hybridized carbons (Fsp3) is 0.480. The Hall–Kier alpha value is -5.13. The molecule has 0 aliphatic carbocycles. The molecule has 18 nitrogen and oxygen atoms in total. The predicted octanol–water partition coefficient (Wildman–Crippen LogP) is -3.62. The highest BCUT2D eigenvalue weighted by molar-refractivity contribution is 5.94. The highest BCUT2D eigenvalue weighted by Gasteiger charge is 2.31. The molecule has 0 aliphatic heterocycles. The van der Waals surface area contributed by atoms with Crippen molar-refractivity contribution in [1.82, 2.24) is 16.0 Å². The maximum atomic E-state index is 13.4. The van der Waals surface area contributed by atoms with E-state index in [-0.39, 0.29) is 56.4 Å². The zero-order valence-electron chi connectivity index (χ0n) is 23.4. The summed E-state index contributed by atoms with van der Waals surface area (Å²) in [6.45, 7) is 0.304. The number of hydrogen-bond acceptors (Lipinski definition) is 9. The first-order valence-corrected chi connectivity index (χ1v) is 13.2. The maximum Gasteiger partial charge on any atom is 0.326 e. The molecule has 1 rings (SSSR count). The number of guanidine groups is 2. The summed E-state index contributed by atoms with van der Waals surface area (Å²) in [6.07, 6.45) is -0.318. The molecule has 3 amide bonds. The number of amides is 3. The van der Waals surface area contributed by atoms with E-state index < -0.39 is 60.2 Å². The van der Waals surface area contributed by atoms with Gasteiger partial charge in [-0.3, -0.25) is 29.2 Å². The first-order chi connectivity index (χ1) is 20.2. The van der Waals surface area contributed by atoms with Crippen LogP contribution < -0.4 is 44.6 Å². The number of carboxylic acid groups (broad SMARTS) is 2. The summed E-state index contributed by atoms with van der Waals surface area (Å²) in [5.74, 6) is -5.87. The molecule has 238 valence electrons. The normalized spacial score (nSPS) is 13.3. The van der Waals surface area contributed by atoms with Gasteiger partial charge >= 0.3 is 11.9 Å². The van der Waals surface area contributed by atoms with Crippen molar-refractivity contribution in [3.63, 3.8) is 0 Å². The molecule has 0 aromatic heterocycles. The van der Waals surface area contributed by atoms with Gasteiger partial charge in [-0.05, 0) is 43.4 Å². The molecule has 1 aromatic rings. The lowest BCUT2D eigenvalue weighted by molar-refractivity contribution is -0.147. The minimum Gasteiger partial charge on any atom is -0.508 e. The zero-order valence-corrected chi connectivity index (χ0v) is 23.4. The number of hydrogen-bond donors (Lipinski definition) is 11. The van der Waals surface area contributed by atoms with Crippen molar-refractivity contribution in [2.75, 3.05) is 13.1 Å². The molecular weight excluding hydrogens is 568 g/mol. The van der Waals surface area contributed by atoms with Crippen molar-refractivity contribution in [3.05, 3.63) is 29.8 Å². The molecule has 16 N–H and O–H groups in total. The van der Waals surface area contributed by atoms with Crippen molar-refractivity contribution in [2.45, 2.75) is 62.7 Å². The zero-order chi connectivity index (χ0) is 32.5. The molecule has 0 spiro atoms. The van der Waals surface area contributed by atoms with Crippen molar-refractivity contribution in [2.24, 2.45) is 38.7 Å². The minimum absolute atomic E-state index is 0.0246. The van der Waals surface area contributed by atoms with Crippen molar-refractivity contribution in [3.8, 4) is 5.75 Å². The first kappa shape index (κ1) is 35.9. The monoisotopic (exact) mass is 608 g/mol. The fourth-order valence-corrected chi connectivity index (χ4v) is 3.70. The van der Waals surface area contributed by atoms with Gasteiger partial charge in [0, 0.05) is 19.5 Å². The Kier molecular flexibility index (Phi) is 15.3. The van der Waals surface area contributed by atoms with Crippen LogP contribution in [0.15, 0.2) is 34.3 Å². The summed E-state index contributed by atoms with van der Waals surface area (Å²) in [6, 6.07) is 0.403. The van der Waals surface area contributed by atoms with Gasteiger partial charge < -0.3 is 59.9 Å². The molecule has 0 bridgehead atoms. The number of nitrogens with two attached hydrogens (primary N) is 5. The quantitative estimate of drug-likeness (QED) is 0.0411. The number of aromatic hydroxyl groups is 1. The van der Waals surface area contributed by atoms with Crippen LogP contribution in [0.3, 0.4) is 0 Å². The van der Waals surface area contributed by atoms with E-state index >= 15 is 0 Å². The first-order valence-electron chi connectivity index (χ1n) is 13.2. The largest absolute Gasteiger partial charge is 0.508 e. The molecule has 4 atom stereocenters. The average Bonchev–Trinajstić information content (AvgIpc) is 2.92. The number of carbonyl (C=O) groups excluding carboxylic acids is 3. The summed E-state index contributed by atoms with van der Waals surface area (Å²) < 4.78 is 0. The summed E-state index contributed by atoms with van der Waals surface area (Å²) in [7, 11) is 0. The number of nitrogens with zero attached hydrogens (tertiary/aromatic N) is 2. The van der Waals surface area contributed by atoms with Crippen LogP contribution in [0.2, 0.25) is 0 Å². The summed E-state index contributed by atoms with van der Waals surface area (Å²) >= 11 is 0. The van der Waals surface area contributed by atoms with Gasteiger partial charge in [0.25, 0.3) is 0 Å². The van der Waals surface area contributed by atoms with E-state index in [2.05, 4.69) is 25.9 Å². The minimum atomic E-state index is -1.77. The van der Waals surface area contributed by atoms with Gasteiger partial charge in [-0.1, -0.05) is 12.1 Å². The number of carboxylic acids is 2. The second kappa shape index (κ2) is 18.3. The Bertz CT molecular complexity index is 1170. The number of aliphatic carboxylic acids is 2. The molecule has 0 saturated heterocycles. The highest BCUT2D eigenvalue weighted by Crippen LogP contribution is 2.12. The third-order valence-corrected chi connectivity index (χ3v) is 5.89. The third kappa shape index (κ3) is 14.9. The molecule has 0 radical (unpaired) electrons. The van der Waals surface area contributed by atoms with Gasteiger partial charge in [0.1, 0.15) is 23.9 Å². The summed E-state index contributed by atoms with van der Waals surface area (Å²) in [4.78, 5) is 69.5. The molecule has 1 aromatic carbocycles. The van der Waals surface area contributed by atoms with Crippen LogP contribution in [0.25, 0.3) is 0 Å². The molecule has 0 aliphatic rings. The van der Waals surface area contributed by atoms with Crippen molar-refractivity contribution < 1.29 is 39.3 Å². The number of rotatable bonds is 19. The Morgan fingerprint density at radius 1 is 0.721 bits per heavy atom. The molecule has 18 heteroatoms. The van der Waals surface area contributed by atoms with Gasteiger partial charge in [0.2, 0.25) is 17.7 Å². The van der Waals surface area contributed by atoms with Crippen LogP contribution >= 0.6 is 0 Å². The Balaban J connectivity index is 3.17. The van der Waals surface area contributed by atoms with E-state index in [9.17, 15) is 34.2 Å². The lowest BCUT2D eigenvalue weighted by Crippen LogP contribution is -2.57. The molecule has 0 heterocycles. The van der Waals surface area contributed by atoms with Gasteiger partial charge in [0.15, 0.2) is 11.9 Å². The van der Waals surface area contributed by atoms with Gasteiger partial charge in [-0.15, -0.1) is 0 Å². The Labute approximate surface area is 247 Å². The maximum absolute atomic E-state index is 13.4. The topological polar surface area (TPSA) is 337 Å². The molecule has 4 unspecified atom stereocenters. The number of nitrogens with one attached hydrogen (secondary N) is 3. The highest BCUT2D eigenvalue weighted by atomic mass is 16.4. The van der Waals surface area contributed by atoms with Crippen LogP contribution in [-0.2, 0) is 30.4 Å². The fourth-order valence-electron chi connectivity index (χ4n) is 3.70. The van der Waals surface area contributed by atoms with E-state index in [4.69, 9.17) is 33.8 Å². The molecular formula is C25H40N10O8. The predicted molar refractivity (Wildman–Crippen MR) is 155 cm³/mol. The van der Waals surface area contributed by atoms with Crippen molar-refractivity contribution in [1.29, 1.82) is 0 Å². The summed E-state index contributed by atoms with van der Waals surface area (Å²) in [5, 5.41) is 35.1. The number of aliphatic imine (C=N–C) groups is 2. The van der Waals surface area contributed by atoms with Gasteiger partial charge in [-0.2, -0.15) is 0 Å². The number of phenolic OH excluding ortho intramolecular Hbond substituents is 1. The van der Waals surface area contributed by atoms with Crippen LogP contribution in [0.1, 0.15) is 37.7 Å². The summed E-state index contributed by atoms with van der Waals surface area (Å²) in [5.41, 5.74) is 27.7. The molecule has 43 heavy (non-hydrogen) atoms. The standard InChI is InChI=1S/C25H40N10O8/c26-15(3-1-9-31-24(27)28)20(39)34-17(11-13-5-7-14(36)8-6-13)22(41)33-16(4-2-10-32-25(29)30)21(40)35-18(23(42)43)12-19(37)38/h5-8,15-18,36H,1-4,9-12,26H2,(H,33,41)(H,34,39)(H,35,40)(H,37,38)(H,42,43)(H4,27,28,31)(H4,29,30,32). The van der Waals surface area contributed by atoms with E-state index in [0.29, 0.717) is 12.0 Å². The average molecular weight is 609 g/mol. The third-order valence-electron chi connectivity index (χ3n) is 5.89. The Morgan fingerprint density at radius 3 is 1.72 bits per heavy atom. The van der Waals surface area contributed by atoms with Gasteiger partial charge in [-0.25, -0.2) is 4.79 Å². The number of benzene rings is 1. The molecule has 0 saturated carbocycles. The number of phenols is 1. The SMILES string of the molecule is NC(N)=NCCCC(N)C(=O)NC(Cc1ccc(O)cc1)C(=O)NC(CCCN=C(N)N)C(=O)NC(CC(=O)O)C(=O)O. The van der Waals surface area contributed by atoms with E-state index in [0.717, 1.165) is 0 Å². The lowest BCUT2D eigenvalue weighted by Gasteiger charge is -2.25. The van der Waals surface area contributed by atoms with Crippen LogP contribution in [0.5, 0.6) is 5.75 Å². The smallest absolute Gasteiger partial charge is 0.326 e. The Morgan fingerprint density at radius 2 is 1.21 bits per heavy atom. The van der Waals surface area contributed by atoms with Crippen molar-refractivity contribution >= 4 is 41.6 Å². The second-order valence-electron chi connectivity index (χ2n) is 9.49. The van der Waals surface area contributed by atoms with E-state index in [1.54, 1.807) is 0 Å². The van der Waals surface area contributed by atoms with Crippen LogP contribution in [0, 0.1) is 0 Å².